The van der Waals surface area contributed by atoms with Gasteiger partial charge in [-0.2, -0.15) is 0 Å². The van der Waals surface area contributed by atoms with E-state index in [1.54, 1.807) is 0 Å². The highest BCUT2D eigenvalue weighted by Crippen LogP contribution is 2.23. The Hall–Kier alpha value is -1.74. The van der Waals surface area contributed by atoms with E-state index >= 15 is 0 Å². The molecule has 2 aromatic rings. The Kier molecular flexibility index (Phi) is 6.72. The number of thioether (sulfide) groups is 1. The monoisotopic (exact) mass is 327 g/mol. The zero-order valence-electron chi connectivity index (χ0n) is 14.1. The fourth-order valence-electron chi connectivity index (χ4n) is 2.37. The molecule has 0 saturated heterocycles. The van der Waals surface area contributed by atoms with Crippen LogP contribution in [-0.4, -0.2) is 11.9 Å². The van der Waals surface area contributed by atoms with Crippen LogP contribution in [0.1, 0.15) is 48.2 Å². The van der Waals surface area contributed by atoms with Crippen LogP contribution in [0.15, 0.2) is 53.4 Å². The van der Waals surface area contributed by atoms with Crippen molar-refractivity contribution in [1.29, 1.82) is 0 Å². The van der Waals surface area contributed by atoms with Gasteiger partial charge in [0.2, 0.25) is 0 Å². The molecule has 0 saturated carbocycles. The smallest absolute Gasteiger partial charge is 0.251 e. The fourth-order valence-corrected chi connectivity index (χ4v) is 3.22. The molecule has 0 aromatic heterocycles. The average Bonchev–Trinajstić information content (AvgIpc) is 2.55. The number of aryl methyl sites for hydroxylation is 1. The van der Waals surface area contributed by atoms with Crippen molar-refractivity contribution in [2.45, 2.75) is 50.3 Å². The minimum atomic E-state index is 0.0173. The van der Waals surface area contributed by atoms with E-state index in [1.807, 2.05) is 43.0 Å². The van der Waals surface area contributed by atoms with Crippen LogP contribution in [0.3, 0.4) is 0 Å². The molecule has 3 heteroatoms. The maximum atomic E-state index is 12.1. The molecule has 2 aromatic carbocycles. The molecule has 1 atom stereocenters. The Morgan fingerprint density at radius 3 is 2.35 bits per heavy atom. The van der Waals surface area contributed by atoms with Crippen LogP contribution in [-0.2, 0) is 5.75 Å². The van der Waals surface area contributed by atoms with Crippen LogP contribution in [0, 0.1) is 6.92 Å². The molecule has 23 heavy (non-hydrogen) atoms. The lowest BCUT2D eigenvalue weighted by molar-refractivity contribution is 0.0938. The van der Waals surface area contributed by atoms with Crippen molar-refractivity contribution in [3.8, 4) is 0 Å². The first-order valence-corrected chi connectivity index (χ1v) is 9.16. The summed E-state index contributed by atoms with van der Waals surface area (Å²) in [7, 11) is 0. The van der Waals surface area contributed by atoms with E-state index in [0.29, 0.717) is 0 Å². The summed E-state index contributed by atoms with van der Waals surface area (Å²) in [5, 5.41) is 3.04. The summed E-state index contributed by atoms with van der Waals surface area (Å²) in [6.45, 7) is 6.27. The molecule has 1 N–H and O–H groups in total. The molecule has 0 radical (unpaired) electrons. The highest BCUT2D eigenvalue weighted by atomic mass is 32.2. The first-order valence-electron chi connectivity index (χ1n) is 8.17. The second-order valence-electron chi connectivity index (χ2n) is 5.96. The van der Waals surface area contributed by atoms with Crippen molar-refractivity contribution < 1.29 is 4.79 Å². The van der Waals surface area contributed by atoms with Gasteiger partial charge < -0.3 is 5.32 Å². The maximum Gasteiger partial charge on any atom is 0.251 e. The number of nitrogens with one attached hydrogen (secondary N) is 1. The van der Waals surface area contributed by atoms with Gasteiger partial charge in [-0.05, 0) is 50.1 Å². The quantitative estimate of drug-likeness (QED) is 0.708. The van der Waals surface area contributed by atoms with Crippen molar-refractivity contribution in [3.05, 3.63) is 65.2 Å². The Morgan fingerprint density at radius 2 is 1.74 bits per heavy atom. The summed E-state index contributed by atoms with van der Waals surface area (Å²) >= 11 is 1.81. The van der Waals surface area contributed by atoms with Crippen molar-refractivity contribution in [2.24, 2.45) is 0 Å². The molecule has 122 valence electrons. The van der Waals surface area contributed by atoms with Crippen LogP contribution < -0.4 is 5.32 Å². The molecular weight excluding hydrogens is 302 g/mol. The lowest BCUT2D eigenvalue weighted by Gasteiger charge is -2.13. The van der Waals surface area contributed by atoms with E-state index in [1.165, 1.54) is 16.0 Å². The standard InChI is InChI=1S/C20H25NOS/c1-4-5-16(3)21-20(22)18-10-8-17(9-11-18)14-23-19-12-6-15(2)7-13-19/h6-13,16H,4-5,14H2,1-3H3,(H,21,22)/t16-/m1/s1. The second-order valence-corrected chi connectivity index (χ2v) is 7.01. The minimum absolute atomic E-state index is 0.0173. The summed E-state index contributed by atoms with van der Waals surface area (Å²) in [6.07, 6.45) is 2.09. The number of benzene rings is 2. The van der Waals surface area contributed by atoms with Gasteiger partial charge in [0, 0.05) is 22.3 Å². The van der Waals surface area contributed by atoms with Crippen LogP contribution in [0.4, 0.5) is 0 Å². The maximum absolute atomic E-state index is 12.1. The number of rotatable bonds is 7. The molecule has 0 fully saturated rings. The Morgan fingerprint density at radius 1 is 1.09 bits per heavy atom. The molecule has 0 bridgehead atoms. The molecule has 1 amide bonds. The predicted molar refractivity (Wildman–Crippen MR) is 99.0 cm³/mol. The average molecular weight is 327 g/mol. The third kappa shape index (κ3) is 5.76. The zero-order valence-corrected chi connectivity index (χ0v) is 15.0. The lowest BCUT2D eigenvalue weighted by Crippen LogP contribution is -2.32. The lowest BCUT2D eigenvalue weighted by atomic mass is 10.1. The van der Waals surface area contributed by atoms with Crippen molar-refractivity contribution in [3.63, 3.8) is 0 Å². The summed E-state index contributed by atoms with van der Waals surface area (Å²) in [5.41, 5.74) is 3.24. The minimum Gasteiger partial charge on any atom is -0.350 e. The molecule has 0 aliphatic rings. The number of carbonyl (C=O) groups excluding carboxylic acids is 1. The van der Waals surface area contributed by atoms with Crippen molar-refractivity contribution in [2.75, 3.05) is 0 Å². The van der Waals surface area contributed by atoms with Gasteiger partial charge in [0.05, 0.1) is 0 Å². The van der Waals surface area contributed by atoms with Crippen molar-refractivity contribution in [1.82, 2.24) is 5.32 Å². The molecule has 0 aliphatic carbocycles. The Labute approximate surface area is 143 Å². The van der Waals surface area contributed by atoms with E-state index in [-0.39, 0.29) is 11.9 Å². The molecule has 0 aliphatic heterocycles. The molecule has 0 spiro atoms. The molecular formula is C20H25NOS. The predicted octanol–water partition coefficient (Wildman–Crippen LogP) is 5.21. The van der Waals surface area contributed by atoms with E-state index in [2.05, 4.69) is 43.4 Å². The van der Waals surface area contributed by atoms with Crippen LogP contribution in [0.2, 0.25) is 0 Å². The molecule has 2 nitrogen and oxygen atoms in total. The van der Waals surface area contributed by atoms with Gasteiger partial charge in [-0.1, -0.05) is 43.2 Å². The van der Waals surface area contributed by atoms with Crippen molar-refractivity contribution >= 4 is 17.7 Å². The first kappa shape index (κ1) is 17.6. The number of hydrogen-bond donors (Lipinski definition) is 1. The van der Waals surface area contributed by atoms with Gasteiger partial charge in [-0.3, -0.25) is 4.79 Å². The second kappa shape index (κ2) is 8.78. The van der Waals surface area contributed by atoms with Gasteiger partial charge in [-0.15, -0.1) is 11.8 Å². The normalized spacial score (nSPS) is 12.0. The van der Waals surface area contributed by atoms with Gasteiger partial charge in [0.15, 0.2) is 0 Å². The molecule has 0 heterocycles. The van der Waals surface area contributed by atoms with Gasteiger partial charge in [-0.25, -0.2) is 0 Å². The summed E-state index contributed by atoms with van der Waals surface area (Å²) < 4.78 is 0. The Balaban J connectivity index is 1.88. The fraction of sp³-hybridized carbons (Fsp3) is 0.350. The highest BCUT2D eigenvalue weighted by Gasteiger charge is 2.09. The SMILES string of the molecule is CCC[C@@H](C)NC(=O)c1ccc(CSc2ccc(C)cc2)cc1. The van der Waals surface area contributed by atoms with Gasteiger partial charge in [0.1, 0.15) is 0 Å². The Bertz CT molecular complexity index is 619. The van der Waals surface area contributed by atoms with E-state index < -0.39 is 0 Å². The van der Waals surface area contributed by atoms with E-state index in [0.717, 1.165) is 24.2 Å². The zero-order chi connectivity index (χ0) is 16.7. The summed E-state index contributed by atoms with van der Waals surface area (Å²) in [4.78, 5) is 13.4. The summed E-state index contributed by atoms with van der Waals surface area (Å²) in [5.74, 6) is 0.931. The number of amides is 1. The molecule has 0 unspecified atom stereocenters. The van der Waals surface area contributed by atoms with Gasteiger partial charge in [0.25, 0.3) is 5.91 Å². The third-order valence-corrected chi connectivity index (χ3v) is 4.82. The van der Waals surface area contributed by atoms with Crippen LogP contribution in [0.25, 0.3) is 0 Å². The number of carbonyl (C=O) groups is 1. The van der Waals surface area contributed by atoms with E-state index in [4.69, 9.17) is 0 Å². The summed E-state index contributed by atoms with van der Waals surface area (Å²) in [6, 6.07) is 16.7. The van der Waals surface area contributed by atoms with E-state index in [9.17, 15) is 4.79 Å². The third-order valence-electron chi connectivity index (χ3n) is 3.74. The van der Waals surface area contributed by atoms with Crippen LogP contribution in [0.5, 0.6) is 0 Å². The van der Waals surface area contributed by atoms with Crippen LogP contribution >= 0.6 is 11.8 Å². The number of hydrogen-bond acceptors (Lipinski definition) is 2. The highest BCUT2D eigenvalue weighted by molar-refractivity contribution is 7.98. The largest absolute Gasteiger partial charge is 0.350 e. The molecule has 2 rings (SSSR count). The topological polar surface area (TPSA) is 29.1 Å². The first-order chi connectivity index (χ1) is 11.1. The van der Waals surface area contributed by atoms with Gasteiger partial charge >= 0.3 is 0 Å².